The summed E-state index contributed by atoms with van der Waals surface area (Å²) in [5, 5.41) is 9.22. The molecule has 0 aromatic rings. The van der Waals surface area contributed by atoms with Gasteiger partial charge in [0.2, 0.25) is 0 Å². The minimum atomic E-state index is -0.0166. The molecular weight excluding hydrogens is 150 g/mol. The second-order valence-electron chi connectivity index (χ2n) is 5.16. The maximum Gasteiger partial charge on any atom is 0.0487 e. The standard InChI is InChI=1S/C10H23NO/c1-9(2,7-11(5)6)10(3,4)8-12/h12H,7-8H2,1-6H3. The molecule has 0 aliphatic rings. The Bertz CT molecular complexity index is 139. The fraction of sp³-hybridized carbons (Fsp3) is 1.00. The molecule has 0 atom stereocenters. The van der Waals surface area contributed by atoms with Crippen molar-refractivity contribution in [3.05, 3.63) is 0 Å². The molecule has 0 fully saturated rings. The summed E-state index contributed by atoms with van der Waals surface area (Å²) in [6.07, 6.45) is 0. The fourth-order valence-electron chi connectivity index (χ4n) is 1.22. The highest BCUT2D eigenvalue weighted by Crippen LogP contribution is 2.38. The van der Waals surface area contributed by atoms with Crippen LogP contribution in [0.1, 0.15) is 27.7 Å². The van der Waals surface area contributed by atoms with Gasteiger partial charge in [-0.15, -0.1) is 0 Å². The molecule has 74 valence electrons. The smallest absolute Gasteiger partial charge is 0.0487 e. The molecule has 0 aromatic carbocycles. The highest BCUT2D eigenvalue weighted by atomic mass is 16.3. The molecule has 0 rings (SSSR count). The minimum absolute atomic E-state index is 0.0166. The van der Waals surface area contributed by atoms with E-state index in [1.165, 1.54) is 0 Å². The van der Waals surface area contributed by atoms with Crippen LogP contribution in [0.5, 0.6) is 0 Å². The average Bonchev–Trinajstić information content (AvgIpc) is 1.84. The van der Waals surface area contributed by atoms with E-state index in [0.717, 1.165) is 6.54 Å². The van der Waals surface area contributed by atoms with Crippen molar-refractivity contribution in [2.24, 2.45) is 10.8 Å². The summed E-state index contributed by atoms with van der Waals surface area (Å²) < 4.78 is 0. The van der Waals surface area contributed by atoms with Gasteiger partial charge in [-0.25, -0.2) is 0 Å². The summed E-state index contributed by atoms with van der Waals surface area (Å²) in [4.78, 5) is 2.16. The molecule has 0 spiro atoms. The van der Waals surface area contributed by atoms with Gasteiger partial charge in [0.05, 0.1) is 0 Å². The molecule has 1 N–H and O–H groups in total. The molecule has 2 heteroatoms. The summed E-state index contributed by atoms with van der Waals surface area (Å²) >= 11 is 0. The second kappa shape index (κ2) is 3.75. The maximum absolute atomic E-state index is 9.22. The van der Waals surface area contributed by atoms with Crippen molar-refractivity contribution in [3.63, 3.8) is 0 Å². The summed E-state index contributed by atoms with van der Waals surface area (Å²) in [6, 6.07) is 0. The van der Waals surface area contributed by atoms with Crippen LogP contribution in [0.4, 0.5) is 0 Å². The van der Waals surface area contributed by atoms with Crippen LogP contribution < -0.4 is 0 Å². The number of aliphatic hydroxyl groups excluding tert-OH is 1. The lowest BCUT2D eigenvalue weighted by atomic mass is 9.68. The van der Waals surface area contributed by atoms with Gasteiger partial charge in [-0.3, -0.25) is 0 Å². The van der Waals surface area contributed by atoms with E-state index in [1.807, 2.05) is 0 Å². The number of rotatable bonds is 4. The van der Waals surface area contributed by atoms with Crippen LogP contribution in [0, 0.1) is 10.8 Å². The molecule has 0 aliphatic heterocycles. The zero-order valence-corrected chi connectivity index (χ0v) is 9.31. The summed E-state index contributed by atoms with van der Waals surface area (Å²) in [5.41, 5.74) is 0.127. The Balaban J connectivity index is 4.37. The number of hydrogen-bond donors (Lipinski definition) is 1. The summed E-state index contributed by atoms with van der Waals surface area (Å²) in [5.74, 6) is 0. The van der Waals surface area contributed by atoms with E-state index >= 15 is 0 Å². The predicted octanol–water partition coefficient (Wildman–Crippen LogP) is 1.59. The van der Waals surface area contributed by atoms with Crippen LogP contribution in [0.15, 0.2) is 0 Å². The van der Waals surface area contributed by atoms with Crippen LogP contribution in [-0.4, -0.2) is 37.3 Å². The van der Waals surface area contributed by atoms with Crippen LogP contribution >= 0.6 is 0 Å². The monoisotopic (exact) mass is 173 g/mol. The van der Waals surface area contributed by atoms with Gasteiger partial charge in [0.1, 0.15) is 0 Å². The maximum atomic E-state index is 9.22. The summed E-state index contributed by atoms with van der Waals surface area (Å²) in [7, 11) is 4.13. The van der Waals surface area contributed by atoms with Gasteiger partial charge in [-0.05, 0) is 24.9 Å². The van der Waals surface area contributed by atoms with E-state index in [9.17, 15) is 5.11 Å². The topological polar surface area (TPSA) is 23.5 Å². The Morgan fingerprint density at radius 3 is 1.67 bits per heavy atom. The van der Waals surface area contributed by atoms with Crippen molar-refractivity contribution < 1.29 is 5.11 Å². The van der Waals surface area contributed by atoms with Crippen molar-refractivity contribution in [3.8, 4) is 0 Å². The molecule has 0 aliphatic carbocycles. The van der Waals surface area contributed by atoms with E-state index < -0.39 is 0 Å². The fourth-order valence-corrected chi connectivity index (χ4v) is 1.22. The lowest BCUT2D eigenvalue weighted by molar-refractivity contribution is 0.0186. The predicted molar refractivity (Wildman–Crippen MR) is 53.2 cm³/mol. The Morgan fingerprint density at radius 2 is 1.42 bits per heavy atom. The molecule has 2 nitrogen and oxygen atoms in total. The average molecular weight is 173 g/mol. The zero-order valence-electron chi connectivity index (χ0n) is 9.31. The quantitative estimate of drug-likeness (QED) is 0.698. The lowest BCUT2D eigenvalue weighted by Gasteiger charge is -2.42. The first-order valence-corrected chi connectivity index (χ1v) is 4.48. The normalized spacial score (nSPS) is 14.0. The molecule has 0 saturated heterocycles. The molecule has 0 heterocycles. The molecule has 0 radical (unpaired) electrons. The Labute approximate surface area is 76.6 Å². The molecule has 0 saturated carbocycles. The molecular formula is C10H23NO. The number of hydrogen-bond acceptors (Lipinski definition) is 2. The van der Waals surface area contributed by atoms with E-state index in [4.69, 9.17) is 0 Å². The number of nitrogens with zero attached hydrogens (tertiary/aromatic N) is 1. The second-order valence-corrected chi connectivity index (χ2v) is 5.16. The summed E-state index contributed by atoms with van der Waals surface area (Å²) in [6.45, 7) is 9.86. The zero-order chi connectivity index (χ0) is 9.99. The van der Waals surface area contributed by atoms with Crippen molar-refractivity contribution in [2.75, 3.05) is 27.2 Å². The van der Waals surface area contributed by atoms with Crippen molar-refractivity contribution in [2.45, 2.75) is 27.7 Å². The van der Waals surface area contributed by atoms with Gasteiger partial charge < -0.3 is 10.0 Å². The van der Waals surface area contributed by atoms with Crippen molar-refractivity contribution in [1.29, 1.82) is 0 Å². The SMILES string of the molecule is CN(C)CC(C)(C)C(C)(C)CO. The van der Waals surface area contributed by atoms with Gasteiger partial charge in [0.25, 0.3) is 0 Å². The first kappa shape index (κ1) is 11.9. The van der Waals surface area contributed by atoms with Crippen LogP contribution in [0.3, 0.4) is 0 Å². The molecule has 0 amide bonds. The Morgan fingerprint density at radius 1 is 1.00 bits per heavy atom. The van der Waals surface area contributed by atoms with Crippen molar-refractivity contribution >= 4 is 0 Å². The highest BCUT2D eigenvalue weighted by Gasteiger charge is 2.36. The van der Waals surface area contributed by atoms with E-state index in [2.05, 4.69) is 46.7 Å². The molecule has 0 bridgehead atoms. The van der Waals surface area contributed by atoms with Gasteiger partial charge in [-0.1, -0.05) is 27.7 Å². The molecule has 0 unspecified atom stereocenters. The van der Waals surface area contributed by atoms with Gasteiger partial charge in [-0.2, -0.15) is 0 Å². The van der Waals surface area contributed by atoms with Crippen LogP contribution in [-0.2, 0) is 0 Å². The van der Waals surface area contributed by atoms with Gasteiger partial charge in [0.15, 0.2) is 0 Å². The third-order valence-electron chi connectivity index (χ3n) is 2.94. The lowest BCUT2D eigenvalue weighted by Crippen LogP contribution is -2.42. The van der Waals surface area contributed by atoms with Crippen LogP contribution in [0.2, 0.25) is 0 Å². The van der Waals surface area contributed by atoms with E-state index in [0.29, 0.717) is 0 Å². The Kier molecular flexibility index (Phi) is 3.73. The van der Waals surface area contributed by atoms with Gasteiger partial charge in [0, 0.05) is 13.2 Å². The highest BCUT2D eigenvalue weighted by molar-refractivity contribution is 4.86. The van der Waals surface area contributed by atoms with Crippen molar-refractivity contribution in [1.82, 2.24) is 4.90 Å². The Hall–Kier alpha value is -0.0800. The molecule has 12 heavy (non-hydrogen) atoms. The van der Waals surface area contributed by atoms with E-state index in [-0.39, 0.29) is 17.4 Å². The third kappa shape index (κ3) is 2.76. The number of aliphatic hydroxyl groups is 1. The minimum Gasteiger partial charge on any atom is -0.396 e. The van der Waals surface area contributed by atoms with Gasteiger partial charge >= 0.3 is 0 Å². The van der Waals surface area contributed by atoms with E-state index in [1.54, 1.807) is 0 Å². The third-order valence-corrected chi connectivity index (χ3v) is 2.94. The van der Waals surface area contributed by atoms with Crippen LogP contribution in [0.25, 0.3) is 0 Å². The largest absolute Gasteiger partial charge is 0.396 e. The first-order valence-electron chi connectivity index (χ1n) is 4.48. The molecule has 0 aromatic heterocycles. The first-order chi connectivity index (χ1) is 5.23.